The van der Waals surface area contributed by atoms with E-state index in [4.69, 9.17) is 0 Å². The summed E-state index contributed by atoms with van der Waals surface area (Å²) in [5.74, 6) is 0. The Morgan fingerprint density at radius 1 is 1.54 bits per heavy atom. The molecule has 0 aliphatic carbocycles. The number of nitrogens with one attached hydrogen (secondary N) is 1. The van der Waals surface area contributed by atoms with E-state index < -0.39 is 0 Å². The number of fused-ring (bicyclic) bond motifs is 1. The number of rotatable bonds is 1. The lowest BCUT2D eigenvalue weighted by Crippen LogP contribution is -2.21. The molecular weight excluding hydrogens is 178 g/mol. The first kappa shape index (κ1) is 8.95. The molecule has 0 aromatic heterocycles. The molecule has 0 amide bonds. The van der Waals surface area contributed by atoms with Crippen molar-refractivity contribution in [3.63, 3.8) is 0 Å². The predicted molar refractivity (Wildman–Crippen MR) is 59.6 cm³/mol. The third-order valence-corrected chi connectivity index (χ3v) is 3.92. The predicted octanol–water partition coefficient (Wildman–Crippen LogP) is 3.29. The molecule has 2 rings (SSSR count). The summed E-state index contributed by atoms with van der Waals surface area (Å²) in [6.45, 7) is 5.53. The fourth-order valence-electron chi connectivity index (χ4n) is 1.63. The maximum Gasteiger partial charge on any atom is 0.0508 e. The van der Waals surface area contributed by atoms with E-state index in [-0.39, 0.29) is 0 Å². The Balaban J connectivity index is 2.31. The quantitative estimate of drug-likeness (QED) is 0.734. The van der Waals surface area contributed by atoms with Crippen molar-refractivity contribution in [2.45, 2.75) is 30.4 Å². The molecule has 1 aromatic carbocycles. The largest absolute Gasteiger partial charge is 0.383 e. The van der Waals surface area contributed by atoms with Gasteiger partial charge >= 0.3 is 0 Å². The monoisotopic (exact) mass is 193 g/mol. The van der Waals surface area contributed by atoms with Gasteiger partial charge in [0.05, 0.1) is 5.69 Å². The number of hydrogen-bond donors (Lipinski definition) is 1. The Morgan fingerprint density at radius 3 is 3.15 bits per heavy atom. The average molecular weight is 193 g/mol. The molecule has 0 saturated carbocycles. The first-order chi connectivity index (χ1) is 6.31. The minimum atomic E-state index is 0.745. The fraction of sp³-hybridized carbons (Fsp3) is 0.455. The molecule has 0 bridgehead atoms. The van der Waals surface area contributed by atoms with E-state index >= 15 is 0 Å². The number of anilines is 1. The molecule has 1 aromatic rings. The molecule has 0 saturated heterocycles. The Morgan fingerprint density at radius 2 is 2.38 bits per heavy atom. The van der Waals surface area contributed by atoms with Gasteiger partial charge in [-0.1, -0.05) is 19.1 Å². The lowest BCUT2D eigenvalue weighted by Gasteiger charge is -2.25. The van der Waals surface area contributed by atoms with Gasteiger partial charge in [0.1, 0.15) is 0 Å². The number of thioether (sulfide) groups is 1. The van der Waals surface area contributed by atoms with Gasteiger partial charge < -0.3 is 5.32 Å². The van der Waals surface area contributed by atoms with Gasteiger partial charge in [-0.15, -0.1) is 11.8 Å². The van der Waals surface area contributed by atoms with Gasteiger partial charge in [0, 0.05) is 16.7 Å². The van der Waals surface area contributed by atoms with Crippen LogP contribution in [-0.4, -0.2) is 11.8 Å². The Hall–Kier alpha value is -0.630. The van der Waals surface area contributed by atoms with Crippen LogP contribution in [0.2, 0.25) is 0 Å². The van der Waals surface area contributed by atoms with E-state index in [2.05, 4.69) is 37.4 Å². The van der Waals surface area contributed by atoms with Crippen LogP contribution in [0.25, 0.3) is 0 Å². The smallest absolute Gasteiger partial charge is 0.0508 e. The van der Waals surface area contributed by atoms with Gasteiger partial charge in [-0.25, -0.2) is 0 Å². The number of benzene rings is 1. The van der Waals surface area contributed by atoms with Gasteiger partial charge in [0.15, 0.2) is 0 Å². The molecule has 1 atom stereocenters. The average Bonchev–Trinajstić information content (AvgIpc) is 2.18. The van der Waals surface area contributed by atoms with E-state index in [1.165, 1.54) is 22.6 Å². The van der Waals surface area contributed by atoms with E-state index in [0.29, 0.717) is 0 Å². The van der Waals surface area contributed by atoms with Gasteiger partial charge in [0.2, 0.25) is 0 Å². The molecular formula is C11H15NS. The summed E-state index contributed by atoms with van der Waals surface area (Å²) in [5, 5.41) is 4.26. The zero-order valence-corrected chi connectivity index (χ0v) is 8.95. The van der Waals surface area contributed by atoms with Crippen molar-refractivity contribution in [3.05, 3.63) is 23.8 Å². The molecule has 0 fully saturated rings. The molecule has 1 aliphatic rings. The summed E-state index contributed by atoms with van der Waals surface area (Å²) in [4.78, 5) is 1.41. The lowest BCUT2D eigenvalue weighted by molar-refractivity contribution is 0.841. The zero-order valence-electron chi connectivity index (χ0n) is 8.13. The van der Waals surface area contributed by atoms with Crippen LogP contribution in [0.3, 0.4) is 0 Å². The van der Waals surface area contributed by atoms with Crippen molar-refractivity contribution >= 4 is 17.4 Å². The van der Waals surface area contributed by atoms with Crippen LogP contribution in [0.1, 0.15) is 18.9 Å². The van der Waals surface area contributed by atoms with E-state index in [9.17, 15) is 0 Å². The van der Waals surface area contributed by atoms with Crippen molar-refractivity contribution in [1.82, 2.24) is 0 Å². The molecule has 0 radical (unpaired) electrons. The minimum absolute atomic E-state index is 0.745. The van der Waals surface area contributed by atoms with Crippen LogP contribution >= 0.6 is 11.8 Å². The second-order valence-corrected chi connectivity index (χ2v) is 4.82. The summed E-state index contributed by atoms with van der Waals surface area (Å²) in [7, 11) is 0. The number of hydrogen-bond acceptors (Lipinski definition) is 2. The molecule has 1 N–H and O–H groups in total. The maximum atomic E-state index is 3.51. The summed E-state index contributed by atoms with van der Waals surface area (Å²) < 4.78 is 0. The van der Waals surface area contributed by atoms with E-state index in [1.807, 2.05) is 11.8 Å². The summed E-state index contributed by atoms with van der Waals surface area (Å²) in [5.41, 5.74) is 2.71. The van der Waals surface area contributed by atoms with Crippen molar-refractivity contribution in [2.24, 2.45) is 0 Å². The van der Waals surface area contributed by atoms with Gasteiger partial charge in [-0.05, 0) is 25.0 Å². The molecule has 70 valence electrons. The third-order valence-electron chi connectivity index (χ3n) is 2.49. The van der Waals surface area contributed by atoms with Crippen LogP contribution in [0.15, 0.2) is 23.1 Å². The first-order valence-electron chi connectivity index (χ1n) is 4.81. The SMILES string of the molecule is CCC1CNc2c(C)cccc2S1. The first-order valence-corrected chi connectivity index (χ1v) is 5.69. The highest BCUT2D eigenvalue weighted by molar-refractivity contribution is 8.00. The van der Waals surface area contributed by atoms with Gasteiger partial charge in [-0.3, -0.25) is 0 Å². The van der Waals surface area contributed by atoms with Crippen LogP contribution in [0.5, 0.6) is 0 Å². The highest BCUT2D eigenvalue weighted by atomic mass is 32.2. The summed E-state index contributed by atoms with van der Waals surface area (Å²) >= 11 is 2.01. The van der Waals surface area contributed by atoms with Crippen molar-refractivity contribution in [2.75, 3.05) is 11.9 Å². The van der Waals surface area contributed by atoms with E-state index in [0.717, 1.165) is 11.8 Å². The standard InChI is InChI=1S/C11H15NS/c1-3-9-7-12-11-8(2)5-4-6-10(11)13-9/h4-6,9,12H,3,7H2,1-2H3. The normalized spacial score (nSPS) is 20.6. The highest BCUT2D eigenvalue weighted by Crippen LogP contribution is 2.37. The summed E-state index contributed by atoms with van der Waals surface area (Å²) in [6, 6.07) is 6.52. The number of aryl methyl sites for hydroxylation is 1. The van der Waals surface area contributed by atoms with E-state index in [1.54, 1.807) is 0 Å². The third kappa shape index (κ3) is 1.68. The number of para-hydroxylation sites is 1. The van der Waals surface area contributed by atoms with Crippen LogP contribution < -0.4 is 5.32 Å². The second-order valence-electron chi connectivity index (χ2n) is 3.48. The zero-order chi connectivity index (χ0) is 9.26. The second kappa shape index (κ2) is 3.62. The van der Waals surface area contributed by atoms with Gasteiger partial charge in [-0.2, -0.15) is 0 Å². The Kier molecular flexibility index (Phi) is 2.49. The maximum absolute atomic E-state index is 3.51. The minimum Gasteiger partial charge on any atom is -0.383 e. The van der Waals surface area contributed by atoms with Crippen LogP contribution in [0.4, 0.5) is 5.69 Å². The molecule has 1 unspecified atom stereocenters. The van der Waals surface area contributed by atoms with Gasteiger partial charge in [0.25, 0.3) is 0 Å². The molecule has 0 spiro atoms. The topological polar surface area (TPSA) is 12.0 Å². The fourth-order valence-corrected chi connectivity index (χ4v) is 2.83. The molecule has 1 aliphatic heterocycles. The highest BCUT2D eigenvalue weighted by Gasteiger charge is 2.17. The lowest BCUT2D eigenvalue weighted by atomic mass is 10.2. The van der Waals surface area contributed by atoms with Crippen LogP contribution in [-0.2, 0) is 0 Å². The van der Waals surface area contributed by atoms with Crippen LogP contribution in [0, 0.1) is 6.92 Å². The molecule has 2 heteroatoms. The Labute approximate surface area is 83.9 Å². The van der Waals surface area contributed by atoms with Crippen molar-refractivity contribution in [3.8, 4) is 0 Å². The molecule has 1 heterocycles. The van der Waals surface area contributed by atoms with Crippen molar-refractivity contribution < 1.29 is 0 Å². The molecule has 13 heavy (non-hydrogen) atoms. The van der Waals surface area contributed by atoms with Crippen molar-refractivity contribution in [1.29, 1.82) is 0 Å². The molecule has 1 nitrogen and oxygen atoms in total. The summed E-state index contributed by atoms with van der Waals surface area (Å²) in [6.07, 6.45) is 1.24. The Bertz CT molecular complexity index is 309.